The number of methoxy groups -OCH3 is 2. The first-order chi connectivity index (χ1) is 12.2. The number of benzene rings is 2. The van der Waals surface area contributed by atoms with Crippen LogP contribution in [0.5, 0.6) is 17.2 Å². The third-order valence-corrected chi connectivity index (χ3v) is 3.64. The summed E-state index contributed by atoms with van der Waals surface area (Å²) in [6.07, 6.45) is 2.40. The molecule has 0 saturated heterocycles. The van der Waals surface area contributed by atoms with Crippen molar-refractivity contribution in [3.63, 3.8) is 0 Å². The van der Waals surface area contributed by atoms with E-state index in [1.165, 1.54) is 0 Å². The first-order valence-electron chi connectivity index (χ1n) is 8.00. The van der Waals surface area contributed by atoms with Crippen LogP contribution < -0.4 is 19.5 Å². The maximum absolute atomic E-state index is 12.3. The van der Waals surface area contributed by atoms with Gasteiger partial charge in [-0.2, -0.15) is 0 Å². The topological polar surface area (TPSA) is 56.8 Å². The minimum absolute atomic E-state index is 0.151. The molecule has 0 bridgehead atoms. The summed E-state index contributed by atoms with van der Waals surface area (Å²) in [6.45, 7) is 4.53. The average Bonchev–Trinajstić information content (AvgIpc) is 2.66. The standard InChI is InChI=1S/C20H23NO4/c1-4-13-25-18-10-7-16(14-19(18)24-3)20(22)21-12-11-15-5-8-17(23-2)9-6-15/h4-10,14H,1,11-13H2,2-3H3,(H,21,22). The van der Waals surface area contributed by atoms with Gasteiger partial charge in [-0.1, -0.05) is 24.8 Å². The summed E-state index contributed by atoms with van der Waals surface area (Å²) in [6, 6.07) is 12.9. The zero-order valence-corrected chi connectivity index (χ0v) is 14.6. The Morgan fingerprint density at radius 2 is 1.84 bits per heavy atom. The molecule has 0 aliphatic rings. The van der Waals surface area contributed by atoms with E-state index in [0.29, 0.717) is 30.2 Å². The van der Waals surface area contributed by atoms with Gasteiger partial charge in [-0.05, 0) is 42.3 Å². The number of rotatable bonds is 9. The molecule has 1 N–H and O–H groups in total. The largest absolute Gasteiger partial charge is 0.497 e. The van der Waals surface area contributed by atoms with Crippen LogP contribution in [0.25, 0.3) is 0 Å². The zero-order chi connectivity index (χ0) is 18.1. The van der Waals surface area contributed by atoms with E-state index < -0.39 is 0 Å². The van der Waals surface area contributed by atoms with Crippen molar-refractivity contribution in [2.24, 2.45) is 0 Å². The second-order valence-electron chi connectivity index (χ2n) is 5.32. The zero-order valence-electron chi connectivity index (χ0n) is 14.6. The first-order valence-corrected chi connectivity index (χ1v) is 8.00. The Morgan fingerprint density at radius 3 is 2.48 bits per heavy atom. The molecule has 0 heterocycles. The van der Waals surface area contributed by atoms with Crippen LogP contribution in [0.2, 0.25) is 0 Å². The van der Waals surface area contributed by atoms with Crippen molar-refractivity contribution in [3.05, 3.63) is 66.2 Å². The highest BCUT2D eigenvalue weighted by molar-refractivity contribution is 5.94. The Labute approximate surface area is 148 Å². The van der Waals surface area contributed by atoms with E-state index in [-0.39, 0.29) is 5.91 Å². The maximum atomic E-state index is 12.3. The molecule has 0 aliphatic heterocycles. The van der Waals surface area contributed by atoms with Gasteiger partial charge in [0, 0.05) is 12.1 Å². The van der Waals surface area contributed by atoms with E-state index in [2.05, 4.69) is 11.9 Å². The summed E-state index contributed by atoms with van der Waals surface area (Å²) in [5.74, 6) is 1.77. The van der Waals surface area contributed by atoms with Crippen LogP contribution >= 0.6 is 0 Å². The number of nitrogens with one attached hydrogen (secondary N) is 1. The molecule has 2 rings (SSSR count). The molecule has 2 aromatic rings. The molecule has 5 heteroatoms. The lowest BCUT2D eigenvalue weighted by Crippen LogP contribution is -2.25. The molecule has 0 spiro atoms. The third kappa shape index (κ3) is 5.28. The van der Waals surface area contributed by atoms with Gasteiger partial charge in [-0.3, -0.25) is 4.79 Å². The lowest BCUT2D eigenvalue weighted by molar-refractivity contribution is 0.0953. The van der Waals surface area contributed by atoms with Gasteiger partial charge >= 0.3 is 0 Å². The van der Waals surface area contributed by atoms with Gasteiger partial charge in [0.05, 0.1) is 14.2 Å². The molecular weight excluding hydrogens is 318 g/mol. The normalized spacial score (nSPS) is 10.0. The average molecular weight is 341 g/mol. The van der Waals surface area contributed by atoms with Crippen LogP contribution in [0.3, 0.4) is 0 Å². The number of carbonyl (C=O) groups is 1. The fourth-order valence-electron chi connectivity index (χ4n) is 2.29. The van der Waals surface area contributed by atoms with Crippen molar-refractivity contribution in [2.45, 2.75) is 6.42 Å². The summed E-state index contributed by atoms with van der Waals surface area (Å²) in [5, 5.41) is 2.91. The molecule has 0 radical (unpaired) electrons. The van der Waals surface area contributed by atoms with E-state index in [0.717, 1.165) is 17.7 Å². The number of carbonyl (C=O) groups excluding carboxylic acids is 1. The van der Waals surface area contributed by atoms with E-state index >= 15 is 0 Å². The van der Waals surface area contributed by atoms with Gasteiger partial charge in [-0.15, -0.1) is 0 Å². The summed E-state index contributed by atoms with van der Waals surface area (Å²) in [7, 11) is 3.18. The highest BCUT2D eigenvalue weighted by Crippen LogP contribution is 2.28. The van der Waals surface area contributed by atoms with Crippen LogP contribution in [0.4, 0.5) is 0 Å². The predicted molar refractivity (Wildman–Crippen MR) is 97.7 cm³/mol. The monoisotopic (exact) mass is 341 g/mol. The van der Waals surface area contributed by atoms with Crippen molar-refractivity contribution in [3.8, 4) is 17.2 Å². The Morgan fingerprint density at radius 1 is 1.08 bits per heavy atom. The van der Waals surface area contributed by atoms with Crippen LogP contribution in [0.1, 0.15) is 15.9 Å². The Balaban J connectivity index is 1.92. The van der Waals surface area contributed by atoms with E-state index in [4.69, 9.17) is 14.2 Å². The number of hydrogen-bond acceptors (Lipinski definition) is 4. The molecule has 5 nitrogen and oxygen atoms in total. The highest BCUT2D eigenvalue weighted by Gasteiger charge is 2.10. The Bertz CT molecular complexity index is 710. The molecule has 0 aliphatic carbocycles. The summed E-state index contributed by atoms with van der Waals surface area (Å²) in [4.78, 5) is 12.3. The maximum Gasteiger partial charge on any atom is 0.251 e. The van der Waals surface area contributed by atoms with Gasteiger partial charge in [0.15, 0.2) is 11.5 Å². The predicted octanol–water partition coefficient (Wildman–Crippen LogP) is 3.24. The van der Waals surface area contributed by atoms with Gasteiger partial charge in [-0.25, -0.2) is 0 Å². The fourth-order valence-corrected chi connectivity index (χ4v) is 2.29. The van der Waals surface area contributed by atoms with E-state index in [9.17, 15) is 4.79 Å². The SMILES string of the molecule is C=CCOc1ccc(C(=O)NCCc2ccc(OC)cc2)cc1OC. The smallest absolute Gasteiger partial charge is 0.251 e. The number of hydrogen-bond donors (Lipinski definition) is 1. The van der Waals surface area contributed by atoms with Gasteiger partial charge in [0.1, 0.15) is 12.4 Å². The van der Waals surface area contributed by atoms with Gasteiger partial charge in [0.2, 0.25) is 0 Å². The lowest BCUT2D eigenvalue weighted by Gasteiger charge is -2.11. The molecule has 132 valence electrons. The molecule has 0 aromatic heterocycles. The second kappa shape index (κ2) is 9.37. The van der Waals surface area contributed by atoms with Crippen LogP contribution in [-0.4, -0.2) is 33.3 Å². The minimum atomic E-state index is -0.151. The lowest BCUT2D eigenvalue weighted by atomic mass is 10.1. The van der Waals surface area contributed by atoms with Crippen LogP contribution in [-0.2, 0) is 6.42 Å². The quantitative estimate of drug-likeness (QED) is 0.712. The summed E-state index contributed by atoms with van der Waals surface area (Å²) < 4.78 is 15.9. The van der Waals surface area contributed by atoms with Gasteiger partial charge < -0.3 is 19.5 Å². The summed E-state index contributed by atoms with van der Waals surface area (Å²) >= 11 is 0. The Hall–Kier alpha value is -2.95. The molecule has 0 saturated carbocycles. The van der Waals surface area contributed by atoms with Crippen molar-refractivity contribution in [2.75, 3.05) is 27.4 Å². The van der Waals surface area contributed by atoms with Crippen molar-refractivity contribution >= 4 is 5.91 Å². The Kier molecular flexibility index (Phi) is 6.89. The van der Waals surface area contributed by atoms with Crippen molar-refractivity contribution in [1.29, 1.82) is 0 Å². The van der Waals surface area contributed by atoms with Crippen molar-refractivity contribution in [1.82, 2.24) is 5.32 Å². The highest BCUT2D eigenvalue weighted by atomic mass is 16.5. The molecule has 0 atom stereocenters. The van der Waals surface area contributed by atoms with E-state index in [1.54, 1.807) is 38.5 Å². The third-order valence-electron chi connectivity index (χ3n) is 3.64. The molecule has 0 fully saturated rings. The molecule has 2 aromatic carbocycles. The fraction of sp³-hybridized carbons (Fsp3) is 0.250. The number of ether oxygens (including phenoxy) is 3. The number of amides is 1. The molecule has 25 heavy (non-hydrogen) atoms. The van der Waals surface area contributed by atoms with Gasteiger partial charge in [0.25, 0.3) is 5.91 Å². The van der Waals surface area contributed by atoms with Crippen LogP contribution in [0.15, 0.2) is 55.1 Å². The van der Waals surface area contributed by atoms with E-state index in [1.807, 2.05) is 24.3 Å². The second-order valence-corrected chi connectivity index (χ2v) is 5.32. The first kappa shape index (κ1) is 18.4. The van der Waals surface area contributed by atoms with Crippen molar-refractivity contribution < 1.29 is 19.0 Å². The van der Waals surface area contributed by atoms with Crippen LogP contribution in [0, 0.1) is 0 Å². The minimum Gasteiger partial charge on any atom is -0.497 e. The summed E-state index contributed by atoms with van der Waals surface area (Å²) in [5.41, 5.74) is 1.66. The molecule has 1 amide bonds. The molecule has 0 unspecified atom stereocenters. The molecular formula is C20H23NO4.